The van der Waals surface area contributed by atoms with E-state index in [0.29, 0.717) is 18.5 Å². The lowest BCUT2D eigenvalue weighted by molar-refractivity contribution is -0.00832. The number of halogens is 2. The highest BCUT2D eigenvalue weighted by Gasteiger charge is 2.46. The van der Waals surface area contributed by atoms with E-state index in [1.54, 1.807) is 12.4 Å². The van der Waals surface area contributed by atoms with Crippen LogP contribution in [0.2, 0.25) is 0 Å². The van der Waals surface area contributed by atoms with Crippen molar-refractivity contribution in [1.29, 1.82) is 0 Å². The molecule has 0 unspecified atom stereocenters. The summed E-state index contributed by atoms with van der Waals surface area (Å²) in [6, 6.07) is 5.79. The number of rotatable bonds is 6. The van der Waals surface area contributed by atoms with E-state index < -0.39 is 18.4 Å². The van der Waals surface area contributed by atoms with Gasteiger partial charge in [-0.15, -0.1) is 0 Å². The van der Waals surface area contributed by atoms with Crippen molar-refractivity contribution in [3.8, 4) is 0 Å². The fourth-order valence-corrected chi connectivity index (χ4v) is 3.02. The minimum absolute atomic E-state index is 0.205. The van der Waals surface area contributed by atoms with E-state index in [-0.39, 0.29) is 5.95 Å². The third-order valence-corrected chi connectivity index (χ3v) is 4.81. The van der Waals surface area contributed by atoms with E-state index in [1.165, 1.54) is 6.33 Å². The number of benzene rings is 1. The molecule has 27 heavy (non-hydrogen) atoms. The number of aryl methyl sites for hydroxylation is 1. The first kappa shape index (κ1) is 17.5. The molecule has 2 heterocycles. The second kappa shape index (κ2) is 6.64. The maximum Gasteiger partial charge on any atom is 0.267 e. The Morgan fingerprint density at radius 3 is 2.81 bits per heavy atom. The fourth-order valence-electron chi connectivity index (χ4n) is 3.02. The Labute approximate surface area is 155 Å². The summed E-state index contributed by atoms with van der Waals surface area (Å²) in [6.07, 6.45) is 6.05. The Morgan fingerprint density at radius 1 is 1.26 bits per heavy atom. The van der Waals surface area contributed by atoms with Crippen LogP contribution >= 0.6 is 0 Å². The molecule has 1 aromatic carbocycles. The van der Waals surface area contributed by atoms with Gasteiger partial charge in [0.1, 0.15) is 6.33 Å². The number of fused-ring (bicyclic) bond motifs is 1. The second-order valence-electron chi connectivity index (χ2n) is 6.86. The highest BCUT2D eigenvalue weighted by Crippen LogP contribution is 2.43. The van der Waals surface area contributed by atoms with Crippen LogP contribution < -0.4 is 5.32 Å². The standard InChI is InChI=1S/C20H19F2N5/c1-12(14-3-6-18-15(7-14)8-23-11-26-18)17-9-24-19(27-13(17)2)25-10-20(21,22)16-4-5-16/h3,6-9,11,16H,1,4-5,10H2,2H3,(H,24,25,27). The van der Waals surface area contributed by atoms with Crippen molar-refractivity contribution in [3.63, 3.8) is 0 Å². The number of anilines is 1. The molecule has 0 atom stereocenters. The van der Waals surface area contributed by atoms with Gasteiger partial charge in [0.2, 0.25) is 5.95 Å². The van der Waals surface area contributed by atoms with Crippen molar-refractivity contribution in [2.75, 3.05) is 11.9 Å². The Kier molecular flexibility index (Phi) is 4.30. The Hall–Kier alpha value is -2.96. The maximum atomic E-state index is 13.8. The molecule has 0 spiro atoms. The molecule has 2 aromatic heterocycles. The minimum Gasteiger partial charge on any atom is -0.348 e. The number of nitrogens with zero attached hydrogens (tertiary/aromatic N) is 4. The summed E-state index contributed by atoms with van der Waals surface area (Å²) < 4.78 is 27.6. The third kappa shape index (κ3) is 3.63. The van der Waals surface area contributed by atoms with Crippen LogP contribution in [0.15, 0.2) is 43.5 Å². The van der Waals surface area contributed by atoms with Gasteiger partial charge in [-0.25, -0.2) is 28.7 Å². The van der Waals surface area contributed by atoms with Crippen LogP contribution in [0.1, 0.15) is 29.7 Å². The predicted molar refractivity (Wildman–Crippen MR) is 101 cm³/mol. The zero-order valence-corrected chi connectivity index (χ0v) is 14.9. The van der Waals surface area contributed by atoms with Crippen LogP contribution in [0.4, 0.5) is 14.7 Å². The molecule has 5 nitrogen and oxygen atoms in total. The smallest absolute Gasteiger partial charge is 0.267 e. The molecule has 1 aliphatic carbocycles. The summed E-state index contributed by atoms with van der Waals surface area (Å²) in [5.74, 6) is -3.02. The van der Waals surface area contributed by atoms with Gasteiger partial charge in [0.15, 0.2) is 0 Å². The number of hydrogen-bond donors (Lipinski definition) is 1. The maximum absolute atomic E-state index is 13.8. The molecule has 1 saturated carbocycles. The number of alkyl halides is 2. The second-order valence-corrected chi connectivity index (χ2v) is 6.86. The van der Waals surface area contributed by atoms with E-state index in [9.17, 15) is 8.78 Å². The van der Waals surface area contributed by atoms with Crippen LogP contribution in [0.25, 0.3) is 16.5 Å². The monoisotopic (exact) mass is 367 g/mol. The zero-order chi connectivity index (χ0) is 19.0. The van der Waals surface area contributed by atoms with Crippen molar-refractivity contribution >= 4 is 22.4 Å². The van der Waals surface area contributed by atoms with E-state index in [4.69, 9.17) is 0 Å². The molecule has 1 fully saturated rings. The van der Waals surface area contributed by atoms with E-state index in [0.717, 1.165) is 27.6 Å². The zero-order valence-electron chi connectivity index (χ0n) is 14.9. The van der Waals surface area contributed by atoms with Crippen molar-refractivity contribution in [2.24, 2.45) is 5.92 Å². The highest BCUT2D eigenvalue weighted by molar-refractivity contribution is 5.86. The van der Waals surface area contributed by atoms with E-state index >= 15 is 0 Å². The van der Waals surface area contributed by atoms with Crippen molar-refractivity contribution < 1.29 is 8.78 Å². The fraction of sp³-hybridized carbons (Fsp3) is 0.300. The molecule has 0 bridgehead atoms. The van der Waals surface area contributed by atoms with Gasteiger partial charge in [0.05, 0.1) is 17.8 Å². The molecule has 3 aromatic rings. The van der Waals surface area contributed by atoms with Gasteiger partial charge < -0.3 is 5.32 Å². The Balaban J connectivity index is 1.53. The van der Waals surface area contributed by atoms with Crippen molar-refractivity contribution in [1.82, 2.24) is 19.9 Å². The largest absolute Gasteiger partial charge is 0.348 e. The quantitative estimate of drug-likeness (QED) is 0.706. The summed E-state index contributed by atoms with van der Waals surface area (Å²) in [5, 5.41) is 3.57. The van der Waals surface area contributed by atoms with Crippen molar-refractivity contribution in [3.05, 3.63) is 60.3 Å². The SMILES string of the molecule is C=C(c1ccc2ncncc2c1)c1cnc(NCC(F)(F)C2CC2)nc1C. The summed E-state index contributed by atoms with van der Waals surface area (Å²) in [6.45, 7) is 5.52. The lowest BCUT2D eigenvalue weighted by atomic mass is 9.98. The Bertz CT molecular complexity index is 1010. The molecule has 0 radical (unpaired) electrons. The normalized spacial score (nSPS) is 14.3. The molecule has 138 valence electrons. The van der Waals surface area contributed by atoms with Gasteiger partial charge in [0, 0.05) is 29.3 Å². The minimum atomic E-state index is -2.72. The molecule has 0 saturated heterocycles. The van der Waals surface area contributed by atoms with Gasteiger partial charge in [0.25, 0.3) is 5.92 Å². The number of hydrogen-bond acceptors (Lipinski definition) is 5. The average molecular weight is 367 g/mol. The number of nitrogens with one attached hydrogen (secondary N) is 1. The average Bonchev–Trinajstić information content (AvgIpc) is 3.51. The van der Waals surface area contributed by atoms with Crippen LogP contribution in [0.5, 0.6) is 0 Å². The molecule has 0 amide bonds. The van der Waals surface area contributed by atoms with Gasteiger partial charge in [-0.2, -0.15) is 0 Å². The van der Waals surface area contributed by atoms with Gasteiger partial charge >= 0.3 is 0 Å². The first-order valence-corrected chi connectivity index (χ1v) is 8.79. The lowest BCUT2D eigenvalue weighted by Crippen LogP contribution is -2.30. The molecule has 7 heteroatoms. The topological polar surface area (TPSA) is 63.6 Å². The van der Waals surface area contributed by atoms with E-state index in [2.05, 4.69) is 31.8 Å². The molecule has 1 N–H and O–H groups in total. The molecular formula is C20H19F2N5. The summed E-state index contributed by atoms with van der Waals surface area (Å²) in [4.78, 5) is 16.8. The van der Waals surface area contributed by atoms with Gasteiger partial charge in [-0.1, -0.05) is 12.6 Å². The van der Waals surface area contributed by atoms with E-state index in [1.807, 2.05) is 25.1 Å². The first-order chi connectivity index (χ1) is 12.9. The predicted octanol–water partition coefficient (Wildman–Crippen LogP) is 4.25. The van der Waals surface area contributed by atoms with Crippen LogP contribution in [-0.2, 0) is 0 Å². The molecule has 4 rings (SSSR count). The molecular weight excluding hydrogens is 348 g/mol. The van der Waals surface area contributed by atoms with Crippen LogP contribution in [0, 0.1) is 12.8 Å². The summed E-state index contributed by atoms with van der Waals surface area (Å²) in [7, 11) is 0. The number of aromatic nitrogens is 4. The first-order valence-electron chi connectivity index (χ1n) is 8.79. The van der Waals surface area contributed by atoms with Gasteiger partial charge in [-0.3, -0.25) is 0 Å². The lowest BCUT2D eigenvalue weighted by Gasteiger charge is -2.17. The summed E-state index contributed by atoms with van der Waals surface area (Å²) >= 11 is 0. The van der Waals surface area contributed by atoms with Gasteiger partial charge in [-0.05, 0) is 43.0 Å². The van der Waals surface area contributed by atoms with Crippen molar-refractivity contribution in [2.45, 2.75) is 25.7 Å². The Morgan fingerprint density at radius 2 is 2.07 bits per heavy atom. The molecule has 0 aliphatic heterocycles. The third-order valence-electron chi connectivity index (χ3n) is 4.81. The van der Waals surface area contributed by atoms with Crippen LogP contribution in [0.3, 0.4) is 0 Å². The van der Waals surface area contributed by atoms with Crippen LogP contribution in [-0.4, -0.2) is 32.4 Å². The molecule has 1 aliphatic rings. The summed E-state index contributed by atoms with van der Waals surface area (Å²) in [5.41, 5.74) is 3.96. The highest BCUT2D eigenvalue weighted by atomic mass is 19.3.